The summed E-state index contributed by atoms with van der Waals surface area (Å²) in [5.41, 5.74) is 3.39. The lowest BCUT2D eigenvalue weighted by molar-refractivity contribution is 0.707. The van der Waals surface area contributed by atoms with Gasteiger partial charge in [0.25, 0.3) is 0 Å². The molecule has 0 unspecified atom stereocenters. The summed E-state index contributed by atoms with van der Waals surface area (Å²) in [6, 6.07) is 13.0. The van der Waals surface area contributed by atoms with Crippen LogP contribution in [0, 0.1) is 0 Å². The highest BCUT2D eigenvalue weighted by atomic mass is 32.1. The quantitative estimate of drug-likeness (QED) is 0.546. The largest absolute Gasteiger partial charge is 0.375 e. The van der Waals surface area contributed by atoms with Crippen LogP contribution in [0.15, 0.2) is 36.4 Å². The van der Waals surface area contributed by atoms with Gasteiger partial charge in [0.05, 0.1) is 20.8 Å². The van der Waals surface area contributed by atoms with Crippen LogP contribution in [-0.4, -0.2) is 32.2 Å². The van der Waals surface area contributed by atoms with Crippen LogP contribution < -0.4 is 14.8 Å². The number of nitrogens with zero attached hydrogens (tertiary/aromatic N) is 3. The average molecular weight is 312 g/mol. The molecule has 3 rings (SSSR count). The van der Waals surface area contributed by atoms with E-state index in [4.69, 9.17) is 4.98 Å². The van der Waals surface area contributed by atoms with Crippen molar-refractivity contribution in [2.45, 2.75) is 13.8 Å². The van der Waals surface area contributed by atoms with E-state index < -0.39 is 0 Å². The molecule has 0 aromatic heterocycles. The molecule has 3 nitrogen and oxygen atoms in total. The molecule has 0 saturated heterocycles. The van der Waals surface area contributed by atoms with E-state index >= 15 is 0 Å². The van der Waals surface area contributed by atoms with Crippen LogP contribution in [0.2, 0.25) is 0 Å². The Bertz CT molecular complexity index is 850. The molecule has 0 bridgehead atoms. The summed E-state index contributed by atoms with van der Waals surface area (Å²) in [6.07, 6.45) is 0. The third kappa shape index (κ3) is 2.71. The van der Waals surface area contributed by atoms with E-state index in [1.807, 2.05) is 11.3 Å². The van der Waals surface area contributed by atoms with Gasteiger partial charge in [0, 0.05) is 31.4 Å². The Morgan fingerprint density at radius 2 is 1.95 bits per heavy atom. The van der Waals surface area contributed by atoms with Gasteiger partial charge in [0.15, 0.2) is 0 Å². The van der Waals surface area contributed by atoms with Crippen molar-refractivity contribution in [3.63, 3.8) is 0 Å². The van der Waals surface area contributed by atoms with Gasteiger partial charge in [-0.15, -0.1) is 11.3 Å². The van der Waals surface area contributed by atoms with Gasteiger partial charge in [0.1, 0.15) is 13.6 Å². The van der Waals surface area contributed by atoms with Crippen LogP contribution in [0.25, 0.3) is 20.8 Å². The Kier molecular flexibility index (Phi) is 4.12. The molecule has 1 heterocycles. The van der Waals surface area contributed by atoms with E-state index in [1.165, 1.54) is 20.6 Å². The zero-order chi connectivity index (χ0) is 15.7. The second-order valence-corrected chi connectivity index (χ2v) is 6.63. The summed E-state index contributed by atoms with van der Waals surface area (Å²) in [5.74, 6) is 0. The van der Waals surface area contributed by atoms with E-state index in [1.54, 1.807) is 0 Å². The molecule has 1 aromatic rings. The van der Waals surface area contributed by atoms with Crippen molar-refractivity contribution in [1.82, 2.24) is 9.56 Å². The first-order chi connectivity index (χ1) is 10.6. The van der Waals surface area contributed by atoms with Crippen LogP contribution in [0.1, 0.15) is 13.8 Å². The summed E-state index contributed by atoms with van der Waals surface area (Å²) >= 11 is 1.82. The average Bonchev–Trinajstić information content (AvgIpc) is 2.57. The Hall–Kier alpha value is -1.94. The minimum atomic E-state index is 1.00. The lowest BCUT2D eigenvalue weighted by atomic mass is 10.2. The maximum absolute atomic E-state index is 4.80. The molecule has 0 amide bonds. The maximum Gasteiger partial charge on any atom is 0.201 e. The Morgan fingerprint density at radius 3 is 2.68 bits per heavy atom. The predicted molar refractivity (Wildman–Crippen MR) is 96.9 cm³/mol. The van der Waals surface area contributed by atoms with Crippen LogP contribution in [0.3, 0.4) is 0 Å². The summed E-state index contributed by atoms with van der Waals surface area (Å²) in [6.45, 7) is 6.34. The molecule has 0 spiro atoms. The van der Waals surface area contributed by atoms with E-state index in [-0.39, 0.29) is 0 Å². The van der Waals surface area contributed by atoms with Crippen molar-refractivity contribution in [3.8, 4) is 10.6 Å². The van der Waals surface area contributed by atoms with Gasteiger partial charge >= 0.3 is 0 Å². The molecule has 0 saturated carbocycles. The Balaban J connectivity index is 2.23. The third-order valence-corrected chi connectivity index (χ3v) is 5.27. The molecule has 0 atom stereocenters. The van der Waals surface area contributed by atoms with Crippen molar-refractivity contribution in [3.05, 3.63) is 41.8 Å². The second kappa shape index (κ2) is 6.05. The number of rotatable bonds is 3. The molecule has 114 valence electrons. The van der Waals surface area contributed by atoms with Crippen LogP contribution >= 0.6 is 11.3 Å². The molecule has 1 aliphatic carbocycles. The molecular weight excluding hydrogens is 290 g/mol. The highest BCUT2D eigenvalue weighted by Gasteiger charge is 2.10. The first-order valence-electron chi connectivity index (χ1n) is 7.72. The molecule has 0 fully saturated rings. The minimum absolute atomic E-state index is 1.00. The van der Waals surface area contributed by atoms with Gasteiger partial charge in [-0.2, -0.15) is 0 Å². The van der Waals surface area contributed by atoms with Gasteiger partial charge in [0.2, 0.25) is 5.36 Å². The molecule has 1 aliphatic heterocycles. The van der Waals surface area contributed by atoms with Crippen LogP contribution in [0.4, 0.5) is 5.69 Å². The lowest BCUT2D eigenvalue weighted by Crippen LogP contribution is -2.25. The van der Waals surface area contributed by atoms with E-state index in [9.17, 15) is 0 Å². The zero-order valence-electron chi connectivity index (χ0n) is 13.6. The number of hydrogen-bond acceptors (Lipinski definition) is 3. The molecule has 0 N–H and O–H groups in total. The Labute approximate surface area is 135 Å². The number of hydrogen-bond donors (Lipinski definition) is 0. The van der Waals surface area contributed by atoms with Gasteiger partial charge in [-0.05, 0) is 38.1 Å². The van der Waals surface area contributed by atoms with Crippen molar-refractivity contribution in [2.24, 2.45) is 0 Å². The topological polar surface area (TPSA) is 19.1 Å². The zero-order valence-corrected chi connectivity index (χ0v) is 14.4. The molecule has 0 radical (unpaired) electrons. The van der Waals surface area contributed by atoms with Crippen molar-refractivity contribution < 1.29 is 0 Å². The Morgan fingerprint density at radius 1 is 1.14 bits per heavy atom. The number of fused-ring (bicyclic) bond motifs is 2. The van der Waals surface area contributed by atoms with E-state index in [0.717, 1.165) is 24.3 Å². The molecule has 22 heavy (non-hydrogen) atoms. The lowest BCUT2D eigenvalue weighted by Gasteiger charge is -2.17. The minimum Gasteiger partial charge on any atom is -0.375 e. The van der Waals surface area contributed by atoms with Gasteiger partial charge in [-0.3, -0.25) is 0 Å². The monoisotopic (exact) mass is 312 g/mol. The molecule has 4 heteroatoms. The van der Waals surface area contributed by atoms with Gasteiger partial charge < -0.3 is 4.90 Å². The van der Waals surface area contributed by atoms with Crippen molar-refractivity contribution in [2.75, 3.05) is 32.1 Å². The summed E-state index contributed by atoms with van der Waals surface area (Å²) < 4.78 is 3.49. The van der Waals surface area contributed by atoms with E-state index in [0.29, 0.717) is 0 Å². The number of anilines is 1. The normalized spacial score (nSPS) is 12.7. The van der Waals surface area contributed by atoms with E-state index in [2.05, 4.69) is 73.8 Å². The van der Waals surface area contributed by atoms with Crippen molar-refractivity contribution in [1.29, 1.82) is 0 Å². The first kappa shape index (κ1) is 15.0. The summed E-state index contributed by atoms with van der Waals surface area (Å²) in [5, 5.41) is 1.24. The molecular formula is C18H22N3S+. The number of benzene rings is 2. The fraction of sp³-hybridized carbons (Fsp3) is 0.333. The maximum atomic E-state index is 4.80. The fourth-order valence-electron chi connectivity index (χ4n) is 2.44. The fourth-order valence-corrected chi connectivity index (χ4v) is 3.47. The van der Waals surface area contributed by atoms with Crippen LogP contribution in [0.5, 0.6) is 0 Å². The predicted octanol–water partition coefficient (Wildman–Crippen LogP) is 3.28. The standard InChI is InChI=1S/C18H22N3S/c1-5-20(3)13-7-9-15-17(11-13)22-18-12-14(21(4)6-2)8-10-16(18)19-15/h7-12H,5-6H2,1-4H3/q+1. The number of aromatic nitrogens is 1. The molecule has 1 aromatic carbocycles. The van der Waals surface area contributed by atoms with Gasteiger partial charge in [-0.25, -0.2) is 9.56 Å². The highest BCUT2D eigenvalue weighted by Crippen LogP contribution is 2.31. The first-order valence-corrected chi connectivity index (χ1v) is 8.54. The van der Waals surface area contributed by atoms with Gasteiger partial charge in [-0.1, -0.05) is 0 Å². The second-order valence-electron chi connectivity index (χ2n) is 5.55. The highest BCUT2D eigenvalue weighted by molar-refractivity contribution is 7.21. The smallest absolute Gasteiger partial charge is 0.201 e. The van der Waals surface area contributed by atoms with Crippen LogP contribution in [-0.2, 0) is 0 Å². The summed E-state index contributed by atoms with van der Waals surface area (Å²) in [7, 11) is 4.24. The SMILES string of the molecule is CCN(C)c1ccc2nc3cc/c(=[N+](/C)CC)cc-3sc2c1. The van der Waals surface area contributed by atoms with Crippen molar-refractivity contribution >= 4 is 27.2 Å². The third-order valence-electron chi connectivity index (χ3n) is 4.18. The molecule has 2 aliphatic rings. The summed E-state index contributed by atoms with van der Waals surface area (Å²) in [4.78, 5) is 8.29.